The first kappa shape index (κ1) is 10.7. The molecule has 0 saturated carbocycles. The van der Waals surface area contributed by atoms with Crippen molar-refractivity contribution in [2.24, 2.45) is 0 Å². The van der Waals surface area contributed by atoms with E-state index in [1.807, 2.05) is 11.0 Å². The van der Waals surface area contributed by atoms with Gasteiger partial charge in [0, 0.05) is 25.4 Å². The van der Waals surface area contributed by atoms with Gasteiger partial charge in [0.15, 0.2) is 0 Å². The fourth-order valence-corrected chi connectivity index (χ4v) is 1.64. The fourth-order valence-electron chi connectivity index (χ4n) is 1.64. The maximum Gasteiger partial charge on any atom is 0.255 e. The third-order valence-corrected chi connectivity index (χ3v) is 2.54. The molecule has 0 aliphatic carbocycles. The van der Waals surface area contributed by atoms with Crippen LogP contribution in [0.4, 0.5) is 0 Å². The molecule has 0 unspecified atom stereocenters. The molecule has 84 valence electrons. The van der Waals surface area contributed by atoms with E-state index in [1.54, 1.807) is 25.4 Å². The minimum atomic E-state index is 0.0273. The van der Waals surface area contributed by atoms with Crippen molar-refractivity contribution >= 4 is 5.91 Å². The first-order valence-electron chi connectivity index (χ1n) is 5.25. The Bertz CT molecular complexity index is 398. The Labute approximate surface area is 94.5 Å². The molecule has 1 aliphatic heterocycles. The number of pyridine rings is 1. The second-order valence-electron chi connectivity index (χ2n) is 3.60. The molecule has 1 aromatic rings. The third-order valence-electron chi connectivity index (χ3n) is 2.54. The Morgan fingerprint density at radius 1 is 1.44 bits per heavy atom. The molecule has 16 heavy (non-hydrogen) atoms. The summed E-state index contributed by atoms with van der Waals surface area (Å²) >= 11 is 0. The topological polar surface area (TPSA) is 42.4 Å². The van der Waals surface area contributed by atoms with Gasteiger partial charge in [-0.25, -0.2) is 4.98 Å². The van der Waals surface area contributed by atoms with Crippen LogP contribution in [0, 0.1) is 0 Å². The first-order valence-corrected chi connectivity index (χ1v) is 5.25. The molecule has 2 rings (SSSR count). The van der Waals surface area contributed by atoms with Gasteiger partial charge in [-0.1, -0.05) is 12.2 Å². The summed E-state index contributed by atoms with van der Waals surface area (Å²) in [7, 11) is 1.55. The Hall–Kier alpha value is -1.84. The predicted octanol–water partition coefficient (Wildman–Crippen LogP) is 1.49. The minimum absolute atomic E-state index is 0.0273. The highest BCUT2D eigenvalue weighted by Gasteiger charge is 2.15. The monoisotopic (exact) mass is 218 g/mol. The summed E-state index contributed by atoms with van der Waals surface area (Å²) in [5, 5.41) is 0. The van der Waals surface area contributed by atoms with Crippen LogP contribution in [0.3, 0.4) is 0 Å². The van der Waals surface area contributed by atoms with E-state index in [9.17, 15) is 4.79 Å². The summed E-state index contributed by atoms with van der Waals surface area (Å²) in [6.07, 6.45) is 6.59. The molecule has 1 amide bonds. The van der Waals surface area contributed by atoms with E-state index in [0.717, 1.165) is 13.0 Å². The molecule has 4 heteroatoms. The Morgan fingerprint density at radius 3 is 2.88 bits per heavy atom. The van der Waals surface area contributed by atoms with Crippen LogP contribution < -0.4 is 4.74 Å². The zero-order valence-corrected chi connectivity index (χ0v) is 9.22. The minimum Gasteiger partial charge on any atom is -0.481 e. The predicted molar refractivity (Wildman–Crippen MR) is 60.4 cm³/mol. The van der Waals surface area contributed by atoms with Crippen LogP contribution in [-0.4, -0.2) is 36.0 Å². The zero-order chi connectivity index (χ0) is 11.4. The van der Waals surface area contributed by atoms with Gasteiger partial charge in [0.05, 0.1) is 12.7 Å². The number of hydrogen-bond acceptors (Lipinski definition) is 3. The third kappa shape index (κ3) is 2.21. The van der Waals surface area contributed by atoms with Crippen LogP contribution >= 0.6 is 0 Å². The highest BCUT2D eigenvalue weighted by molar-refractivity contribution is 5.94. The molecule has 0 N–H and O–H groups in total. The van der Waals surface area contributed by atoms with Gasteiger partial charge in [-0.2, -0.15) is 0 Å². The molecule has 0 saturated heterocycles. The highest BCUT2D eigenvalue weighted by atomic mass is 16.5. The molecule has 1 aromatic heterocycles. The standard InChI is InChI=1S/C12H14N2O2/c1-16-11-6-5-10(9-13-11)12(15)14-7-3-2-4-8-14/h2-3,5-6,9H,4,7-8H2,1H3. The smallest absolute Gasteiger partial charge is 0.255 e. The van der Waals surface area contributed by atoms with E-state index in [4.69, 9.17) is 4.74 Å². The lowest BCUT2D eigenvalue weighted by molar-refractivity contribution is 0.0770. The van der Waals surface area contributed by atoms with Crippen molar-refractivity contribution < 1.29 is 9.53 Å². The van der Waals surface area contributed by atoms with Crippen molar-refractivity contribution in [2.75, 3.05) is 20.2 Å². The number of aromatic nitrogens is 1. The largest absolute Gasteiger partial charge is 0.481 e. The van der Waals surface area contributed by atoms with Crippen molar-refractivity contribution in [1.29, 1.82) is 0 Å². The lowest BCUT2D eigenvalue weighted by atomic mass is 10.2. The van der Waals surface area contributed by atoms with E-state index < -0.39 is 0 Å². The number of carbonyl (C=O) groups excluding carboxylic acids is 1. The Balaban J connectivity index is 2.10. The summed E-state index contributed by atoms with van der Waals surface area (Å²) in [6.45, 7) is 1.46. The van der Waals surface area contributed by atoms with Gasteiger partial charge in [0.25, 0.3) is 5.91 Å². The van der Waals surface area contributed by atoms with E-state index in [2.05, 4.69) is 11.1 Å². The Kier molecular flexibility index (Phi) is 3.19. The van der Waals surface area contributed by atoms with Gasteiger partial charge in [-0.15, -0.1) is 0 Å². The van der Waals surface area contributed by atoms with E-state index in [-0.39, 0.29) is 5.91 Å². The maximum atomic E-state index is 12.0. The number of nitrogens with zero attached hydrogens (tertiary/aromatic N) is 2. The number of methoxy groups -OCH3 is 1. The summed E-state index contributed by atoms with van der Waals surface area (Å²) in [6, 6.07) is 3.44. The van der Waals surface area contributed by atoms with Crippen molar-refractivity contribution in [3.8, 4) is 5.88 Å². The zero-order valence-electron chi connectivity index (χ0n) is 9.22. The first-order chi connectivity index (χ1) is 7.81. The number of amides is 1. The molecular weight excluding hydrogens is 204 g/mol. The van der Waals surface area contributed by atoms with Crippen molar-refractivity contribution in [2.45, 2.75) is 6.42 Å². The van der Waals surface area contributed by atoms with Gasteiger partial charge in [0.2, 0.25) is 5.88 Å². The fraction of sp³-hybridized carbons (Fsp3) is 0.333. The van der Waals surface area contributed by atoms with Gasteiger partial charge in [0.1, 0.15) is 0 Å². The summed E-state index contributed by atoms with van der Waals surface area (Å²) < 4.78 is 4.95. The lowest BCUT2D eigenvalue weighted by Gasteiger charge is -2.23. The molecule has 0 fully saturated rings. The quantitative estimate of drug-likeness (QED) is 0.706. The molecule has 1 aliphatic rings. The van der Waals surface area contributed by atoms with Crippen LogP contribution in [0.5, 0.6) is 5.88 Å². The highest BCUT2D eigenvalue weighted by Crippen LogP contribution is 2.11. The molecule has 0 spiro atoms. The van der Waals surface area contributed by atoms with Crippen LogP contribution in [0.1, 0.15) is 16.8 Å². The van der Waals surface area contributed by atoms with Crippen molar-refractivity contribution in [3.63, 3.8) is 0 Å². The molecular formula is C12H14N2O2. The number of carbonyl (C=O) groups is 1. The average molecular weight is 218 g/mol. The Morgan fingerprint density at radius 2 is 2.31 bits per heavy atom. The van der Waals surface area contributed by atoms with Gasteiger partial charge in [-0.3, -0.25) is 4.79 Å². The molecule has 4 nitrogen and oxygen atoms in total. The lowest BCUT2D eigenvalue weighted by Crippen LogP contribution is -2.33. The van der Waals surface area contributed by atoms with Crippen molar-refractivity contribution in [1.82, 2.24) is 9.88 Å². The summed E-state index contributed by atoms with van der Waals surface area (Å²) in [4.78, 5) is 17.8. The van der Waals surface area contributed by atoms with Crippen LogP contribution in [0.25, 0.3) is 0 Å². The van der Waals surface area contributed by atoms with E-state index >= 15 is 0 Å². The molecule has 2 heterocycles. The van der Waals surface area contributed by atoms with E-state index in [0.29, 0.717) is 18.0 Å². The molecule has 0 atom stereocenters. The van der Waals surface area contributed by atoms with Crippen molar-refractivity contribution in [3.05, 3.63) is 36.0 Å². The second kappa shape index (κ2) is 4.79. The average Bonchev–Trinajstić information content (AvgIpc) is 2.39. The van der Waals surface area contributed by atoms with Crippen LogP contribution in [-0.2, 0) is 0 Å². The van der Waals surface area contributed by atoms with Crippen LogP contribution in [0.2, 0.25) is 0 Å². The van der Waals surface area contributed by atoms with Crippen LogP contribution in [0.15, 0.2) is 30.5 Å². The maximum absolute atomic E-state index is 12.0. The number of hydrogen-bond donors (Lipinski definition) is 0. The molecule has 0 aromatic carbocycles. The number of ether oxygens (including phenoxy) is 1. The molecule has 0 bridgehead atoms. The van der Waals surface area contributed by atoms with E-state index in [1.165, 1.54) is 0 Å². The van der Waals surface area contributed by atoms with Gasteiger partial charge in [-0.05, 0) is 12.5 Å². The summed E-state index contributed by atoms with van der Waals surface area (Å²) in [5.41, 5.74) is 0.608. The normalized spacial score (nSPS) is 14.9. The second-order valence-corrected chi connectivity index (χ2v) is 3.60. The molecule has 0 radical (unpaired) electrons. The SMILES string of the molecule is COc1ccc(C(=O)N2CC=CCC2)cn1. The number of rotatable bonds is 2. The summed E-state index contributed by atoms with van der Waals surface area (Å²) in [5.74, 6) is 0.551. The van der Waals surface area contributed by atoms with Gasteiger partial charge < -0.3 is 9.64 Å². The van der Waals surface area contributed by atoms with Gasteiger partial charge >= 0.3 is 0 Å².